The maximum Gasteiger partial charge on any atom is 0.236 e. The molecule has 1 amide bonds. The Balaban J connectivity index is 3.15. The summed E-state index contributed by atoms with van der Waals surface area (Å²) in [6.45, 7) is 2.06. The number of likely N-dealkylation sites (N-methyl/N-ethyl adjacent to an activating group) is 1. The SMILES string of the molecule is COc1cc(N(C)CC(N)=O)c(OC)cc1C. The van der Waals surface area contributed by atoms with E-state index in [1.807, 2.05) is 19.1 Å². The second-order valence-electron chi connectivity index (χ2n) is 3.82. The minimum Gasteiger partial charge on any atom is -0.496 e. The highest BCUT2D eigenvalue weighted by Crippen LogP contribution is 2.34. The highest BCUT2D eigenvalue weighted by Gasteiger charge is 2.13. The minimum absolute atomic E-state index is 0.128. The van der Waals surface area contributed by atoms with Crippen molar-refractivity contribution in [1.82, 2.24) is 0 Å². The number of ether oxygens (including phenoxy) is 2. The number of nitrogens with zero attached hydrogens (tertiary/aromatic N) is 1. The Labute approximate surface area is 101 Å². The van der Waals surface area contributed by atoms with E-state index in [-0.39, 0.29) is 6.54 Å². The third kappa shape index (κ3) is 3.03. The summed E-state index contributed by atoms with van der Waals surface area (Å²) in [6.07, 6.45) is 0. The Bertz CT molecular complexity index is 418. The van der Waals surface area contributed by atoms with Crippen molar-refractivity contribution >= 4 is 11.6 Å². The van der Waals surface area contributed by atoms with Gasteiger partial charge in [0.15, 0.2) is 0 Å². The second-order valence-corrected chi connectivity index (χ2v) is 3.82. The van der Waals surface area contributed by atoms with Crippen LogP contribution in [0.4, 0.5) is 5.69 Å². The molecule has 17 heavy (non-hydrogen) atoms. The van der Waals surface area contributed by atoms with Gasteiger partial charge in [0.2, 0.25) is 5.91 Å². The highest BCUT2D eigenvalue weighted by atomic mass is 16.5. The summed E-state index contributed by atoms with van der Waals surface area (Å²) >= 11 is 0. The van der Waals surface area contributed by atoms with Crippen molar-refractivity contribution in [3.05, 3.63) is 17.7 Å². The molecular formula is C12H18N2O3. The lowest BCUT2D eigenvalue weighted by Crippen LogP contribution is -2.30. The Kier molecular flexibility index (Phi) is 4.20. The van der Waals surface area contributed by atoms with Gasteiger partial charge in [0.25, 0.3) is 0 Å². The van der Waals surface area contributed by atoms with Crippen LogP contribution in [-0.2, 0) is 4.79 Å². The molecule has 94 valence electrons. The normalized spacial score (nSPS) is 9.88. The van der Waals surface area contributed by atoms with Gasteiger partial charge in [-0.2, -0.15) is 0 Å². The zero-order valence-electron chi connectivity index (χ0n) is 10.6. The van der Waals surface area contributed by atoms with E-state index in [0.717, 1.165) is 17.0 Å². The second kappa shape index (κ2) is 5.43. The maximum atomic E-state index is 10.9. The van der Waals surface area contributed by atoms with Gasteiger partial charge in [-0.1, -0.05) is 0 Å². The lowest BCUT2D eigenvalue weighted by molar-refractivity contribution is -0.116. The van der Waals surface area contributed by atoms with Crippen molar-refractivity contribution in [2.45, 2.75) is 6.92 Å². The van der Waals surface area contributed by atoms with Crippen LogP contribution in [0.2, 0.25) is 0 Å². The first kappa shape index (κ1) is 13.2. The number of nitrogens with two attached hydrogens (primary N) is 1. The Morgan fingerprint density at radius 3 is 2.35 bits per heavy atom. The molecule has 2 N–H and O–H groups in total. The van der Waals surface area contributed by atoms with Crippen LogP contribution in [0.3, 0.4) is 0 Å². The molecule has 1 rings (SSSR count). The summed E-state index contributed by atoms with van der Waals surface area (Å²) in [4.78, 5) is 12.6. The fourth-order valence-electron chi connectivity index (χ4n) is 1.65. The van der Waals surface area contributed by atoms with Crippen molar-refractivity contribution in [2.24, 2.45) is 5.73 Å². The molecule has 0 saturated heterocycles. The fraction of sp³-hybridized carbons (Fsp3) is 0.417. The van der Waals surface area contributed by atoms with E-state index in [0.29, 0.717) is 5.75 Å². The summed E-state index contributed by atoms with van der Waals surface area (Å²) in [6, 6.07) is 3.70. The van der Waals surface area contributed by atoms with Crippen LogP contribution < -0.4 is 20.1 Å². The van der Waals surface area contributed by atoms with Crippen LogP contribution in [-0.4, -0.2) is 33.7 Å². The lowest BCUT2D eigenvalue weighted by Gasteiger charge is -2.21. The molecule has 5 heteroatoms. The van der Waals surface area contributed by atoms with Crippen molar-refractivity contribution in [3.63, 3.8) is 0 Å². The van der Waals surface area contributed by atoms with Crippen LogP contribution in [0, 0.1) is 6.92 Å². The van der Waals surface area contributed by atoms with Crippen LogP contribution in [0.5, 0.6) is 11.5 Å². The molecule has 0 atom stereocenters. The number of rotatable bonds is 5. The lowest BCUT2D eigenvalue weighted by atomic mass is 10.1. The topological polar surface area (TPSA) is 64.8 Å². The van der Waals surface area contributed by atoms with Gasteiger partial charge in [0.1, 0.15) is 11.5 Å². The van der Waals surface area contributed by atoms with Gasteiger partial charge < -0.3 is 20.1 Å². The first-order valence-corrected chi connectivity index (χ1v) is 5.21. The monoisotopic (exact) mass is 238 g/mol. The minimum atomic E-state index is -0.394. The number of carbonyl (C=O) groups is 1. The largest absolute Gasteiger partial charge is 0.496 e. The molecule has 0 aliphatic carbocycles. The molecule has 0 unspecified atom stereocenters. The molecule has 0 aliphatic rings. The van der Waals surface area contributed by atoms with E-state index in [2.05, 4.69) is 0 Å². The van der Waals surface area contributed by atoms with Gasteiger partial charge in [-0.3, -0.25) is 4.79 Å². The van der Waals surface area contributed by atoms with E-state index in [1.54, 1.807) is 26.2 Å². The van der Waals surface area contributed by atoms with Crippen molar-refractivity contribution in [3.8, 4) is 11.5 Å². The van der Waals surface area contributed by atoms with Crippen LogP contribution in [0.25, 0.3) is 0 Å². The van der Waals surface area contributed by atoms with Crippen molar-refractivity contribution in [1.29, 1.82) is 0 Å². The molecule has 0 spiro atoms. The molecule has 0 aromatic heterocycles. The van der Waals surface area contributed by atoms with Gasteiger partial charge in [-0.05, 0) is 18.6 Å². The molecule has 0 heterocycles. The number of primary amides is 1. The fourth-order valence-corrected chi connectivity index (χ4v) is 1.65. The number of hydrogen-bond donors (Lipinski definition) is 1. The Hall–Kier alpha value is -1.91. The summed E-state index contributed by atoms with van der Waals surface area (Å²) in [5, 5.41) is 0. The average molecular weight is 238 g/mol. The molecule has 0 aliphatic heterocycles. The number of aryl methyl sites for hydroxylation is 1. The Morgan fingerprint density at radius 1 is 1.29 bits per heavy atom. The van der Waals surface area contributed by atoms with E-state index in [9.17, 15) is 4.79 Å². The van der Waals surface area contributed by atoms with Crippen LogP contribution in [0.1, 0.15) is 5.56 Å². The summed E-state index contributed by atoms with van der Waals surface area (Å²) in [5.74, 6) is 1.04. The number of methoxy groups -OCH3 is 2. The molecule has 1 aromatic rings. The van der Waals surface area contributed by atoms with Gasteiger partial charge in [-0.15, -0.1) is 0 Å². The van der Waals surface area contributed by atoms with E-state index < -0.39 is 5.91 Å². The van der Waals surface area contributed by atoms with Gasteiger partial charge >= 0.3 is 0 Å². The molecule has 0 bridgehead atoms. The summed E-state index contributed by atoms with van der Waals surface area (Å²) < 4.78 is 10.5. The maximum absolute atomic E-state index is 10.9. The third-order valence-corrected chi connectivity index (χ3v) is 2.50. The first-order chi connectivity index (χ1) is 7.99. The predicted molar refractivity (Wildman–Crippen MR) is 66.7 cm³/mol. The summed E-state index contributed by atoms with van der Waals surface area (Å²) in [5.41, 5.74) is 6.91. The number of anilines is 1. The number of carbonyl (C=O) groups excluding carboxylic acids is 1. The summed E-state index contributed by atoms with van der Waals surface area (Å²) in [7, 11) is 4.97. The van der Waals surface area contributed by atoms with Gasteiger partial charge in [0, 0.05) is 13.1 Å². The van der Waals surface area contributed by atoms with E-state index in [4.69, 9.17) is 15.2 Å². The highest BCUT2D eigenvalue weighted by molar-refractivity contribution is 5.80. The smallest absolute Gasteiger partial charge is 0.236 e. The standard InChI is InChI=1S/C12H18N2O3/c1-8-5-11(17-4)9(6-10(8)16-3)14(2)7-12(13)15/h5-6H,7H2,1-4H3,(H2,13,15). The molecule has 0 radical (unpaired) electrons. The van der Waals surface area contributed by atoms with Crippen molar-refractivity contribution < 1.29 is 14.3 Å². The molecule has 5 nitrogen and oxygen atoms in total. The number of benzene rings is 1. The molecule has 1 aromatic carbocycles. The van der Waals surface area contributed by atoms with Crippen LogP contribution >= 0.6 is 0 Å². The van der Waals surface area contributed by atoms with Gasteiger partial charge in [-0.25, -0.2) is 0 Å². The first-order valence-electron chi connectivity index (χ1n) is 5.21. The zero-order valence-corrected chi connectivity index (χ0v) is 10.6. The Morgan fingerprint density at radius 2 is 1.88 bits per heavy atom. The third-order valence-electron chi connectivity index (χ3n) is 2.50. The molecule has 0 fully saturated rings. The van der Waals surface area contributed by atoms with E-state index >= 15 is 0 Å². The van der Waals surface area contributed by atoms with Gasteiger partial charge in [0.05, 0.1) is 26.5 Å². The quantitative estimate of drug-likeness (QED) is 0.829. The number of amides is 1. The molecular weight excluding hydrogens is 220 g/mol. The zero-order chi connectivity index (χ0) is 13.0. The predicted octanol–water partition coefficient (Wildman–Crippen LogP) is 0.934. The molecule has 0 saturated carbocycles. The number of hydrogen-bond acceptors (Lipinski definition) is 4. The average Bonchev–Trinajstić information content (AvgIpc) is 2.27. The van der Waals surface area contributed by atoms with E-state index in [1.165, 1.54) is 0 Å². The van der Waals surface area contributed by atoms with Crippen molar-refractivity contribution in [2.75, 3.05) is 32.7 Å². The van der Waals surface area contributed by atoms with Crippen LogP contribution in [0.15, 0.2) is 12.1 Å².